The number of nitrogens with zero attached hydrogens (tertiary/aromatic N) is 1. The van der Waals surface area contributed by atoms with Crippen molar-refractivity contribution >= 4 is 17.7 Å². The van der Waals surface area contributed by atoms with Crippen LogP contribution in [0.3, 0.4) is 0 Å². The van der Waals surface area contributed by atoms with Crippen molar-refractivity contribution in [3.05, 3.63) is 35.4 Å². The number of carbonyl (C=O) groups excluding carboxylic acids is 3. The first-order chi connectivity index (χ1) is 11.5. The summed E-state index contributed by atoms with van der Waals surface area (Å²) in [5, 5.41) is 2.79. The molecule has 3 N–H and O–H groups in total. The summed E-state index contributed by atoms with van der Waals surface area (Å²) < 4.78 is 0. The van der Waals surface area contributed by atoms with Gasteiger partial charge in [0, 0.05) is 19.1 Å². The lowest BCUT2D eigenvalue weighted by Crippen LogP contribution is -2.46. The Hall–Kier alpha value is -2.25. The molecule has 2 unspecified atom stereocenters. The molecule has 24 heavy (non-hydrogen) atoms. The molecular weight excluding hydrogens is 308 g/mol. The molecule has 7 heteroatoms. The maximum Gasteiger partial charge on any atom is 0.261 e. The third-order valence-electron chi connectivity index (χ3n) is 4.57. The Bertz CT molecular complexity index is 639. The first-order valence-electron chi connectivity index (χ1n) is 8.23. The summed E-state index contributed by atoms with van der Waals surface area (Å²) in [6, 6.07) is 6.73. The van der Waals surface area contributed by atoms with Crippen molar-refractivity contribution in [1.82, 2.24) is 21.1 Å². The molecule has 0 radical (unpaired) electrons. The molecule has 7 nitrogen and oxygen atoms in total. The van der Waals surface area contributed by atoms with E-state index in [0.717, 1.165) is 6.42 Å². The van der Waals surface area contributed by atoms with Crippen LogP contribution in [0, 0.1) is 5.92 Å². The summed E-state index contributed by atoms with van der Waals surface area (Å²) in [5.41, 5.74) is 6.96. The SMILES string of the molecule is CC(C)C1CC(C(=O)NCCN2C(=O)c3ccccc3C2=O)NN1. The second-order valence-corrected chi connectivity index (χ2v) is 6.53. The highest BCUT2D eigenvalue weighted by atomic mass is 16.2. The molecular formula is C17H22N4O3. The molecule has 2 atom stereocenters. The van der Waals surface area contributed by atoms with Gasteiger partial charge in [-0.25, -0.2) is 5.43 Å². The first kappa shape index (κ1) is 16.6. The molecule has 1 saturated heterocycles. The van der Waals surface area contributed by atoms with Crippen molar-refractivity contribution in [3.8, 4) is 0 Å². The Balaban J connectivity index is 1.50. The lowest BCUT2D eigenvalue weighted by molar-refractivity contribution is -0.122. The summed E-state index contributed by atoms with van der Waals surface area (Å²) in [5.74, 6) is -0.285. The minimum Gasteiger partial charge on any atom is -0.353 e. The third kappa shape index (κ3) is 3.05. The van der Waals surface area contributed by atoms with E-state index < -0.39 is 0 Å². The zero-order valence-corrected chi connectivity index (χ0v) is 13.8. The average Bonchev–Trinajstić information content (AvgIpc) is 3.15. The lowest BCUT2D eigenvalue weighted by atomic mass is 9.99. The van der Waals surface area contributed by atoms with Crippen LogP contribution in [0.4, 0.5) is 0 Å². The van der Waals surface area contributed by atoms with E-state index >= 15 is 0 Å². The minimum atomic E-state index is -0.301. The monoisotopic (exact) mass is 330 g/mol. The number of amides is 3. The van der Waals surface area contributed by atoms with Crippen LogP contribution in [-0.2, 0) is 4.79 Å². The fraction of sp³-hybridized carbons (Fsp3) is 0.471. The van der Waals surface area contributed by atoms with Crippen LogP contribution in [0.15, 0.2) is 24.3 Å². The molecule has 0 spiro atoms. The zero-order valence-electron chi connectivity index (χ0n) is 13.8. The Morgan fingerprint density at radius 2 is 1.83 bits per heavy atom. The van der Waals surface area contributed by atoms with Crippen LogP contribution < -0.4 is 16.2 Å². The number of nitrogens with one attached hydrogen (secondary N) is 3. The van der Waals surface area contributed by atoms with Crippen molar-refractivity contribution in [2.75, 3.05) is 13.1 Å². The second kappa shape index (κ2) is 6.70. The van der Waals surface area contributed by atoms with Crippen LogP contribution in [0.1, 0.15) is 41.0 Å². The van der Waals surface area contributed by atoms with E-state index in [0.29, 0.717) is 17.0 Å². The molecule has 1 aromatic carbocycles. The highest BCUT2D eigenvalue weighted by Crippen LogP contribution is 2.21. The van der Waals surface area contributed by atoms with Gasteiger partial charge in [0.25, 0.3) is 11.8 Å². The normalized spacial score (nSPS) is 23.0. The van der Waals surface area contributed by atoms with Crippen LogP contribution in [0.5, 0.6) is 0 Å². The highest BCUT2D eigenvalue weighted by Gasteiger charge is 2.35. The summed E-state index contributed by atoms with van der Waals surface area (Å²) >= 11 is 0. The van der Waals surface area contributed by atoms with E-state index in [-0.39, 0.29) is 42.9 Å². The van der Waals surface area contributed by atoms with Crippen molar-refractivity contribution in [2.24, 2.45) is 5.92 Å². The van der Waals surface area contributed by atoms with Crippen molar-refractivity contribution < 1.29 is 14.4 Å². The van der Waals surface area contributed by atoms with Crippen molar-refractivity contribution in [3.63, 3.8) is 0 Å². The van der Waals surface area contributed by atoms with E-state index in [2.05, 4.69) is 30.0 Å². The Morgan fingerprint density at radius 1 is 1.21 bits per heavy atom. The molecule has 1 aromatic rings. The van der Waals surface area contributed by atoms with Crippen LogP contribution in [0.2, 0.25) is 0 Å². The second-order valence-electron chi connectivity index (χ2n) is 6.53. The molecule has 128 valence electrons. The molecule has 2 aliphatic rings. The van der Waals surface area contributed by atoms with Gasteiger partial charge in [0.15, 0.2) is 0 Å². The van der Waals surface area contributed by atoms with E-state index in [9.17, 15) is 14.4 Å². The number of hydrogen-bond donors (Lipinski definition) is 3. The van der Waals surface area contributed by atoms with Crippen LogP contribution >= 0.6 is 0 Å². The summed E-state index contributed by atoms with van der Waals surface area (Å²) in [6.45, 7) is 4.62. The fourth-order valence-electron chi connectivity index (χ4n) is 3.05. The molecule has 0 saturated carbocycles. The van der Waals surface area contributed by atoms with Crippen molar-refractivity contribution in [1.29, 1.82) is 0 Å². The fourth-order valence-corrected chi connectivity index (χ4v) is 3.05. The molecule has 3 amide bonds. The molecule has 3 rings (SSSR count). The molecule has 1 fully saturated rings. The Labute approximate surface area is 140 Å². The van der Waals surface area contributed by atoms with E-state index in [1.165, 1.54) is 4.90 Å². The first-order valence-corrected chi connectivity index (χ1v) is 8.23. The number of rotatable bonds is 5. The van der Waals surface area contributed by atoms with Gasteiger partial charge in [0.2, 0.25) is 5.91 Å². The maximum absolute atomic E-state index is 12.2. The van der Waals surface area contributed by atoms with E-state index in [1.54, 1.807) is 24.3 Å². The van der Waals surface area contributed by atoms with Gasteiger partial charge in [0.1, 0.15) is 6.04 Å². The maximum atomic E-state index is 12.2. The predicted octanol–water partition coefficient (Wildman–Crippen LogP) is 0.290. The Morgan fingerprint density at radius 3 is 2.38 bits per heavy atom. The topological polar surface area (TPSA) is 90.5 Å². The summed E-state index contributed by atoms with van der Waals surface area (Å²) in [4.78, 5) is 37.8. The molecule has 2 aliphatic heterocycles. The standard InChI is InChI=1S/C17H22N4O3/c1-10(2)13-9-14(20-19-13)15(22)18-7-8-21-16(23)11-5-3-4-6-12(11)17(21)24/h3-6,10,13-14,19-20H,7-9H2,1-2H3,(H,18,22). The van der Waals surface area contributed by atoms with E-state index in [1.807, 2.05) is 0 Å². The van der Waals surface area contributed by atoms with Gasteiger partial charge in [-0.05, 0) is 24.5 Å². The number of fused-ring (bicyclic) bond motifs is 1. The summed E-state index contributed by atoms with van der Waals surface area (Å²) in [7, 11) is 0. The lowest BCUT2D eigenvalue weighted by Gasteiger charge is -2.16. The molecule has 2 heterocycles. The number of hydrogen-bond acceptors (Lipinski definition) is 5. The number of carbonyl (C=O) groups is 3. The molecule has 0 bridgehead atoms. The number of benzene rings is 1. The van der Waals surface area contributed by atoms with Gasteiger partial charge < -0.3 is 5.32 Å². The van der Waals surface area contributed by atoms with Gasteiger partial charge in [-0.15, -0.1) is 0 Å². The van der Waals surface area contributed by atoms with Gasteiger partial charge in [-0.1, -0.05) is 26.0 Å². The van der Waals surface area contributed by atoms with Gasteiger partial charge in [0.05, 0.1) is 11.1 Å². The predicted molar refractivity (Wildman–Crippen MR) is 88.1 cm³/mol. The smallest absolute Gasteiger partial charge is 0.261 e. The third-order valence-corrected chi connectivity index (χ3v) is 4.57. The van der Waals surface area contributed by atoms with E-state index in [4.69, 9.17) is 0 Å². The average molecular weight is 330 g/mol. The minimum absolute atomic E-state index is 0.123. The Kier molecular flexibility index (Phi) is 4.64. The van der Waals surface area contributed by atoms with Crippen LogP contribution in [-0.4, -0.2) is 47.8 Å². The largest absolute Gasteiger partial charge is 0.353 e. The van der Waals surface area contributed by atoms with Gasteiger partial charge in [-0.2, -0.15) is 0 Å². The van der Waals surface area contributed by atoms with Crippen molar-refractivity contribution in [2.45, 2.75) is 32.4 Å². The van der Waals surface area contributed by atoms with Gasteiger partial charge in [-0.3, -0.25) is 24.7 Å². The van der Waals surface area contributed by atoms with Gasteiger partial charge >= 0.3 is 0 Å². The number of imide groups is 1. The highest BCUT2D eigenvalue weighted by molar-refractivity contribution is 6.21. The zero-order chi connectivity index (χ0) is 17.3. The quantitative estimate of drug-likeness (QED) is 0.675. The summed E-state index contributed by atoms with van der Waals surface area (Å²) in [6.07, 6.45) is 0.719. The molecule has 0 aliphatic carbocycles. The van der Waals surface area contributed by atoms with Crippen LogP contribution in [0.25, 0.3) is 0 Å². The molecule has 0 aromatic heterocycles. The number of hydrazine groups is 1.